The molecule has 0 saturated heterocycles. The van der Waals surface area contributed by atoms with Crippen LogP contribution in [0.25, 0.3) is 0 Å². The number of rotatable bonds is 6. The van der Waals surface area contributed by atoms with Gasteiger partial charge in [0.1, 0.15) is 0 Å². The van der Waals surface area contributed by atoms with Crippen molar-refractivity contribution in [3.63, 3.8) is 0 Å². The summed E-state index contributed by atoms with van der Waals surface area (Å²) < 4.78 is 0. The summed E-state index contributed by atoms with van der Waals surface area (Å²) >= 11 is 0. The Kier molecular flexibility index (Phi) is 5.35. The normalized spacial score (nSPS) is 11.8. The molecule has 0 atom stereocenters. The summed E-state index contributed by atoms with van der Waals surface area (Å²) in [5.74, 6) is -0.719. The van der Waals surface area contributed by atoms with Crippen LogP contribution in [0.5, 0.6) is 0 Å². The zero-order chi connectivity index (χ0) is 13.6. The molecule has 3 nitrogen and oxygen atoms in total. The van der Waals surface area contributed by atoms with E-state index >= 15 is 0 Å². The van der Waals surface area contributed by atoms with E-state index in [1.54, 1.807) is 0 Å². The van der Waals surface area contributed by atoms with Crippen molar-refractivity contribution in [3.8, 4) is 0 Å². The average Bonchev–Trinajstić information content (AvgIpc) is 2.27. The van der Waals surface area contributed by atoms with Gasteiger partial charge in [0.05, 0.1) is 0 Å². The second-order valence-electron chi connectivity index (χ2n) is 5.58. The van der Waals surface area contributed by atoms with Crippen molar-refractivity contribution in [2.45, 2.75) is 45.7 Å². The second kappa shape index (κ2) is 6.55. The van der Waals surface area contributed by atoms with Crippen LogP contribution in [0.3, 0.4) is 0 Å². The van der Waals surface area contributed by atoms with Crippen LogP contribution in [-0.4, -0.2) is 28.1 Å². The van der Waals surface area contributed by atoms with Crippen molar-refractivity contribution in [2.24, 2.45) is 0 Å². The third-order valence-corrected chi connectivity index (χ3v) is 2.98. The van der Waals surface area contributed by atoms with Crippen LogP contribution >= 0.6 is 0 Å². The number of benzene rings is 1. The van der Waals surface area contributed by atoms with Crippen LogP contribution in [0.1, 0.15) is 39.2 Å². The van der Waals surface area contributed by atoms with E-state index in [1.807, 2.05) is 18.2 Å². The molecule has 1 aromatic carbocycles. The van der Waals surface area contributed by atoms with Gasteiger partial charge in [-0.25, -0.2) is 0 Å². The molecule has 0 fully saturated rings. The van der Waals surface area contributed by atoms with E-state index in [-0.39, 0.29) is 12.0 Å². The minimum Gasteiger partial charge on any atom is -0.481 e. The number of aliphatic carboxylic acids is 1. The van der Waals surface area contributed by atoms with Crippen LogP contribution < -0.4 is 0 Å². The van der Waals surface area contributed by atoms with Crippen LogP contribution in [0.15, 0.2) is 30.3 Å². The van der Waals surface area contributed by atoms with Crippen molar-refractivity contribution in [2.75, 3.05) is 6.54 Å². The lowest BCUT2D eigenvalue weighted by molar-refractivity contribution is -0.137. The Morgan fingerprint density at radius 1 is 1.22 bits per heavy atom. The van der Waals surface area contributed by atoms with Crippen LogP contribution in [0, 0.1) is 0 Å². The molecule has 1 aromatic rings. The van der Waals surface area contributed by atoms with E-state index in [0.29, 0.717) is 6.42 Å². The summed E-state index contributed by atoms with van der Waals surface area (Å²) in [6.07, 6.45) is 0.931. The number of carbonyl (C=O) groups is 1. The fraction of sp³-hybridized carbons (Fsp3) is 0.533. The first-order chi connectivity index (χ1) is 8.39. The highest BCUT2D eigenvalue weighted by molar-refractivity contribution is 5.66. The summed E-state index contributed by atoms with van der Waals surface area (Å²) in [4.78, 5) is 12.9. The van der Waals surface area contributed by atoms with E-state index < -0.39 is 5.97 Å². The highest BCUT2D eigenvalue weighted by Gasteiger charge is 2.21. The van der Waals surface area contributed by atoms with E-state index in [4.69, 9.17) is 5.11 Å². The Morgan fingerprint density at radius 3 is 2.33 bits per heavy atom. The molecule has 0 spiro atoms. The minimum absolute atomic E-state index is 0.0499. The van der Waals surface area contributed by atoms with Gasteiger partial charge in [0, 0.05) is 18.5 Å². The molecular formula is C15H23NO2. The molecule has 0 amide bonds. The molecule has 0 aliphatic rings. The summed E-state index contributed by atoms with van der Waals surface area (Å²) in [5, 5.41) is 8.70. The molecule has 0 unspecified atom stereocenters. The van der Waals surface area contributed by atoms with E-state index in [2.05, 4.69) is 37.8 Å². The minimum atomic E-state index is -0.719. The maximum Gasteiger partial charge on any atom is 0.303 e. The Bertz CT molecular complexity index is 368. The summed E-state index contributed by atoms with van der Waals surface area (Å²) in [6, 6.07) is 10.3. The third-order valence-electron chi connectivity index (χ3n) is 2.98. The molecule has 0 aliphatic carbocycles. The zero-order valence-electron chi connectivity index (χ0n) is 11.5. The molecule has 1 N–H and O–H groups in total. The summed E-state index contributed by atoms with van der Waals surface area (Å²) in [7, 11) is 0. The second-order valence-corrected chi connectivity index (χ2v) is 5.58. The van der Waals surface area contributed by atoms with Gasteiger partial charge in [-0.2, -0.15) is 0 Å². The van der Waals surface area contributed by atoms with E-state index in [9.17, 15) is 4.79 Å². The van der Waals surface area contributed by atoms with Crippen molar-refractivity contribution in [3.05, 3.63) is 35.9 Å². The van der Waals surface area contributed by atoms with Crippen molar-refractivity contribution < 1.29 is 9.90 Å². The molecule has 0 saturated carbocycles. The van der Waals surface area contributed by atoms with Crippen LogP contribution in [-0.2, 0) is 11.3 Å². The van der Waals surface area contributed by atoms with E-state index in [0.717, 1.165) is 13.1 Å². The molecule has 100 valence electrons. The van der Waals surface area contributed by atoms with Crippen molar-refractivity contribution >= 4 is 5.97 Å². The lowest BCUT2D eigenvalue weighted by Crippen LogP contribution is -2.41. The van der Waals surface area contributed by atoms with Crippen LogP contribution in [0.4, 0.5) is 0 Å². The first kappa shape index (κ1) is 14.7. The van der Waals surface area contributed by atoms with Gasteiger partial charge in [0.15, 0.2) is 0 Å². The topological polar surface area (TPSA) is 40.5 Å². The Hall–Kier alpha value is -1.35. The predicted octanol–water partition coefficient (Wildman–Crippen LogP) is 3.15. The Labute approximate surface area is 109 Å². The molecule has 3 heteroatoms. The van der Waals surface area contributed by atoms with Crippen LogP contribution in [0.2, 0.25) is 0 Å². The molecule has 0 aromatic heterocycles. The van der Waals surface area contributed by atoms with Crippen molar-refractivity contribution in [1.82, 2.24) is 4.90 Å². The lowest BCUT2D eigenvalue weighted by atomic mass is 10.0. The van der Waals surface area contributed by atoms with Gasteiger partial charge in [0.25, 0.3) is 0 Å². The SMILES string of the molecule is CC(C)(C)N(CCCC(=O)O)Cc1ccccc1. The van der Waals surface area contributed by atoms with Gasteiger partial charge >= 0.3 is 5.97 Å². The molecular weight excluding hydrogens is 226 g/mol. The zero-order valence-corrected chi connectivity index (χ0v) is 11.5. The first-order valence-electron chi connectivity index (χ1n) is 6.40. The quantitative estimate of drug-likeness (QED) is 0.842. The van der Waals surface area contributed by atoms with Crippen molar-refractivity contribution in [1.29, 1.82) is 0 Å². The predicted molar refractivity (Wildman–Crippen MR) is 73.5 cm³/mol. The average molecular weight is 249 g/mol. The van der Waals surface area contributed by atoms with Gasteiger partial charge in [0.2, 0.25) is 0 Å². The summed E-state index contributed by atoms with van der Waals surface area (Å²) in [5.41, 5.74) is 1.32. The van der Waals surface area contributed by atoms with Gasteiger partial charge in [-0.05, 0) is 39.3 Å². The Balaban J connectivity index is 2.59. The first-order valence-corrected chi connectivity index (χ1v) is 6.40. The van der Waals surface area contributed by atoms with Gasteiger partial charge in [-0.1, -0.05) is 30.3 Å². The standard InChI is InChI=1S/C15H23NO2/c1-15(2,3)16(11-7-10-14(17)18)12-13-8-5-4-6-9-13/h4-6,8-9H,7,10-12H2,1-3H3,(H,17,18). The Morgan fingerprint density at radius 2 is 1.83 bits per heavy atom. The monoisotopic (exact) mass is 249 g/mol. The van der Waals surface area contributed by atoms with E-state index in [1.165, 1.54) is 5.56 Å². The van der Waals surface area contributed by atoms with Gasteiger partial charge in [-0.15, -0.1) is 0 Å². The lowest BCUT2D eigenvalue weighted by Gasteiger charge is -2.35. The molecule has 0 bridgehead atoms. The fourth-order valence-corrected chi connectivity index (χ4v) is 1.88. The van der Waals surface area contributed by atoms with Gasteiger partial charge < -0.3 is 5.11 Å². The number of nitrogens with zero attached hydrogens (tertiary/aromatic N) is 1. The molecule has 1 rings (SSSR count). The number of carboxylic acids is 1. The maximum atomic E-state index is 10.6. The van der Waals surface area contributed by atoms with Gasteiger partial charge in [-0.3, -0.25) is 9.69 Å². The molecule has 0 radical (unpaired) electrons. The highest BCUT2D eigenvalue weighted by atomic mass is 16.4. The number of carboxylic acid groups (broad SMARTS) is 1. The summed E-state index contributed by atoms with van der Waals surface area (Å²) in [6.45, 7) is 8.17. The number of hydrogen-bond donors (Lipinski definition) is 1. The fourth-order valence-electron chi connectivity index (χ4n) is 1.88. The third kappa shape index (κ3) is 5.32. The molecule has 0 heterocycles. The molecule has 18 heavy (non-hydrogen) atoms. The highest BCUT2D eigenvalue weighted by Crippen LogP contribution is 2.18. The largest absolute Gasteiger partial charge is 0.481 e. The number of hydrogen-bond acceptors (Lipinski definition) is 2. The molecule has 0 aliphatic heterocycles. The smallest absolute Gasteiger partial charge is 0.303 e. The maximum absolute atomic E-state index is 10.6.